The lowest BCUT2D eigenvalue weighted by atomic mass is 10.1. The third kappa shape index (κ3) is 4.41. The minimum absolute atomic E-state index is 0.0378. The molecule has 0 saturated carbocycles. The van der Waals surface area contributed by atoms with Gasteiger partial charge >= 0.3 is 0 Å². The molecule has 31 heavy (non-hydrogen) atoms. The van der Waals surface area contributed by atoms with Crippen LogP contribution in [0.3, 0.4) is 0 Å². The summed E-state index contributed by atoms with van der Waals surface area (Å²) in [7, 11) is -0.607. The maximum absolute atomic E-state index is 13.0. The van der Waals surface area contributed by atoms with E-state index >= 15 is 0 Å². The van der Waals surface area contributed by atoms with Crippen LogP contribution in [0.1, 0.15) is 23.1 Å². The Morgan fingerprint density at radius 2 is 2.10 bits per heavy atom. The predicted molar refractivity (Wildman–Crippen MR) is 120 cm³/mol. The van der Waals surface area contributed by atoms with Crippen LogP contribution in [0.15, 0.2) is 74.6 Å². The van der Waals surface area contributed by atoms with Crippen molar-refractivity contribution in [2.45, 2.75) is 17.4 Å². The number of nitrogens with one attached hydrogen (secondary N) is 1. The van der Waals surface area contributed by atoms with Gasteiger partial charge in [-0.2, -0.15) is 5.10 Å². The second kappa shape index (κ2) is 8.66. The smallest absolute Gasteiger partial charge is 0.262 e. The van der Waals surface area contributed by atoms with Gasteiger partial charge in [-0.25, -0.2) is 17.7 Å². The largest absolute Gasteiger partial charge is 0.467 e. The van der Waals surface area contributed by atoms with E-state index in [1.807, 2.05) is 23.6 Å². The molecule has 1 N–H and O–H groups in total. The molecule has 1 aromatic carbocycles. The highest BCUT2D eigenvalue weighted by atomic mass is 32.2. The highest BCUT2D eigenvalue weighted by molar-refractivity contribution is 7.89. The van der Waals surface area contributed by atoms with E-state index in [1.165, 1.54) is 31.2 Å². The predicted octanol–water partition coefficient (Wildman–Crippen LogP) is 3.38. The fourth-order valence-corrected chi connectivity index (χ4v) is 4.94. The topological polar surface area (TPSA) is 95.2 Å². The summed E-state index contributed by atoms with van der Waals surface area (Å²) >= 11 is 1.57. The number of furan rings is 1. The Kier molecular flexibility index (Phi) is 5.94. The molecule has 8 nitrogen and oxygen atoms in total. The number of thiophene rings is 1. The Morgan fingerprint density at radius 1 is 1.26 bits per heavy atom. The van der Waals surface area contributed by atoms with Gasteiger partial charge in [-0.15, -0.1) is 11.3 Å². The summed E-state index contributed by atoms with van der Waals surface area (Å²) in [6.07, 6.45) is 2.15. The molecule has 0 bridgehead atoms. The number of sulfonamides is 1. The van der Waals surface area contributed by atoms with E-state index in [0.717, 1.165) is 14.9 Å². The molecular weight excluding hydrogens is 436 g/mol. The minimum atomic E-state index is -3.56. The van der Waals surface area contributed by atoms with Crippen molar-refractivity contribution in [3.05, 3.63) is 70.8 Å². The summed E-state index contributed by atoms with van der Waals surface area (Å²) in [6, 6.07) is 13.6. The van der Waals surface area contributed by atoms with E-state index in [1.54, 1.807) is 35.8 Å². The van der Waals surface area contributed by atoms with Crippen LogP contribution in [0.5, 0.6) is 0 Å². The third-order valence-electron chi connectivity index (χ3n) is 4.90. The van der Waals surface area contributed by atoms with E-state index < -0.39 is 10.0 Å². The normalized spacial score (nSPS) is 16.5. The van der Waals surface area contributed by atoms with Gasteiger partial charge in [-0.05, 0) is 41.8 Å². The second-order valence-corrected chi connectivity index (χ2v) is 10.3. The van der Waals surface area contributed by atoms with Crippen LogP contribution in [0.25, 0.3) is 0 Å². The Labute approximate surface area is 184 Å². The van der Waals surface area contributed by atoms with Crippen LogP contribution in [0.2, 0.25) is 0 Å². The first-order chi connectivity index (χ1) is 14.9. The highest BCUT2D eigenvalue weighted by Gasteiger charge is 2.35. The van der Waals surface area contributed by atoms with Gasteiger partial charge < -0.3 is 9.73 Å². The molecule has 4 rings (SSSR count). The molecule has 162 valence electrons. The van der Waals surface area contributed by atoms with Crippen LogP contribution in [-0.4, -0.2) is 50.0 Å². The Hall–Kier alpha value is -2.95. The lowest BCUT2D eigenvalue weighted by Crippen LogP contribution is -2.32. The number of nitrogens with zero attached hydrogens (tertiary/aromatic N) is 3. The molecule has 1 atom stereocenters. The molecule has 0 radical (unpaired) electrons. The van der Waals surface area contributed by atoms with Gasteiger partial charge in [0.2, 0.25) is 10.0 Å². The highest BCUT2D eigenvalue weighted by Crippen LogP contribution is 2.34. The number of hydrogen-bond donors (Lipinski definition) is 1. The number of carbonyl (C=O) groups is 1. The minimum Gasteiger partial charge on any atom is -0.467 e. The molecule has 3 aromatic rings. The fraction of sp³-hybridized carbons (Fsp3) is 0.238. The van der Waals surface area contributed by atoms with Gasteiger partial charge in [-0.3, -0.25) is 4.79 Å². The van der Waals surface area contributed by atoms with Crippen molar-refractivity contribution in [3.8, 4) is 0 Å². The standard InChI is InChI=1S/C21H22N4O4S2/c1-24(2)31(27,28)16-7-3-6-15(12-16)22-14-21(26)25-18(19-8-4-10-29-19)13-17(23-25)20-9-5-11-30-20/h3-12,18,22H,13-14H2,1-2H3. The monoisotopic (exact) mass is 458 g/mol. The first-order valence-corrected chi connectivity index (χ1v) is 11.9. The molecule has 1 aliphatic heterocycles. The second-order valence-electron chi connectivity index (χ2n) is 7.17. The quantitative estimate of drug-likeness (QED) is 0.586. The molecule has 1 aliphatic rings. The zero-order chi connectivity index (χ0) is 22.0. The first-order valence-electron chi connectivity index (χ1n) is 9.59. The van der Waals surface area contributed by atoms with Gasteiger partial charge in [-0.1, -0.05) is 12.1 Å². The van der Waals surface area contributed by atoms with Crippen molar-refractivity contribution >= 4 is 38.7 Å². The zero-order valence-corrected chi connectivity index (χ0v) is 18.7. The van der Waals surface area contributed by atoms with Crippen molar-refractivity contribution in [3.63, 3.8) is 0 Å². The van der Waals surface area contributed by atoms with E-state index in [-0.39, 0.29) is 23.4 Å². The van der Waals surface area contributed by atoms with E-state index in [4.69, 9.17) is 4.42 Å². The molecule has 2 aromatic heterocycles. The molecule has 10 heteroatoms. The van der Waals surface area contributed by atoms with Crippen molar-refractivity contribution in [2.75, 3.05) is 26.0 Å². The van der Waals surface area contributed by atoms with Gasteiger partial charge in [0, 0.05) is 26.2 Å². The van der Waals surface area contributed by atoms with Gasteiger partial charge in [0.05, 0.1) is 28.3 Å². The number of anilines is 1. The molecule has 1 unspecified atom stereocenters. The summed E-state index contributed by atoms with van der Waals surface area (Å²) in [5.41, 5.74) is 1.37. The van der Waals surface area contributed by atoms with E-state index in [0.29, 0.717) is 17.9 Å². The molecule has 3 heterocycles. The average molecular weight is 459 g/mol. The lowest BCUT2D eigenvalue weighted by Gasteiger charge is -2.20. The maximum atomic E-state index is 13.0. The van der Waals surface area contributed by atoms with Crippen molar-refractivity contribution in [2.24, 2.45) is 5.10 Å². The molecule has 0 fully saturated rings. The van der Waals surface area contributed by atoms with E-state index in [9.17, 15) is 13.2 Å². The lowest BCUT2D eigenvalue weighted by molar-refractivity contribution is -0.131. The van der Waals surface area contributed by atoms with Gasteiger partial charge in [0.15, 0.2) is 0 Å². The number of benzene rings is 1. The zero-order valence-electron chi connectivity index (χ0n) is 17.1. The molecule has 0 aliphatic carbocycles. The number of amides is 1. The van der Waals surface area contributed by atoms with Crippen LogP contribution < -0.4 is 5.32 Å². The summed E-state index contributed by atoms with van der Waals surface area (Å²) in [6.45, 7) is -0.0378. The Bertz CT molecular complexity index is 1190. The van der Waals surface area contributed by atoms with Gasteiger partial charge in [0.25, 0.3) is 5.91 Å². The molecule has 1 amide bonds. The average Bonchev–Trinajstić information content (AvgIpc) is 3.52. The summed E-state index contributed by atoms with van der Waals surface area (Å²) in [4.78, 5) is 14.2. The SMILES string of the molecule is CN(C)S(=O)(=O)c1cccc(NCC(=O)N2N=C(c3cccs3)CC2c2ccco2)c1. The number of carbonyl (C=O) groups excluding carboxylic acids is 1. The maximum Gasteiger partial charge on any atom is 0.262 e. The molecule has 0 saturated heterocycles. The molecular formula is C21H22N4O4S2. The summed E-state index contributed by atoms with van der Waals surface area (Å²) in [5, 5.41) is 11.0. The van der Waals surface area contributed by atoms with Crippen molar-refractivity contribution < 1.29 is 17.6 Å². The number of rotatable bonds is 7. The van der Waals surface area contributed by atoms with Crippen LogP contribution in [-0.2, 0) is 14.8 Å². The third-order valence-corrected chi connectivity index (χ3v) is 7.63. The Morgan fingerprint density at radius 3 is 2.77 bits per heavy atom. The van der Waals surface area contributed by atoms with Crippen LogP contribution in [0.4, 0.5) is 5.69 Å². The van der Waals surface area contributed by atoms with Crippen LogP contribution >= 0.6 is 11.3 Å². The summed E-state index contributed by atoms with van der Waals surface area (Å²) < 4.78 is 31.4. The number of hydrazone groups is 1. The first kappa shape index (κ1) is 21.3. The van der Waals surface area contributed by atoms with Crippen molar-refractivity contribution in [1.82, 2.24) is 9.31 Å². The number of hydrogen-bond acceptors (Lipinski definition) is 7. The van der Waals surface area contributed by atoms with E-state index in [2.05, 4.69) is 10.4 Å². The Balaban J connectivity index is 1.52. The molecule has 0 spiro atoms. The van der Waals surface area contributed by atoms with Crippen LogP contribution in [0, 0.1) is 0 Å². The summed E-state index contributed by atoms with van der Waals surface area (Å²) in [5.74, 6) is 0.427. The van der Waals surface area contributed by atoms with Gasteiger partial charge in [0.1, 0.15) is 11.8 Å². The van der Waals surface area contributed by atoms with Crippen molar-refractivity contribution in [1.29, 1.82) is 0 Å². The fourth-order valence-electron chi connectivity index (χ4n) is 3.27.